The van der Waals surface area contributed by atoms with Gasteiger partial charge in [-0.05, 0) is 35.9 Å². The van der Waals surface area contributed by atoms with Crippen LogP contribution in [0.1, 0.15) is 18.4 Å². The molecule has 2 rings (SSSR count). The van der Waals surface area contributed by atoms with Crippen molar-refractivity contribution in [1.82, 2.24) is 5.43 Å². The molecule has 7 heteroatoms. The van der Waals surface area contributed by atoms with Crippen molar-refractivity contribution in [2.45, 2.75) is 12.8 Å². The Morgan fingerprint density at radius 2 is 1.62 bits per heavy atom. The number of hydrazone groups is 1. The number of benzene rings is 2. The zero-order valence-corrected chi connectivity index (χ0v) is 14.1. The summed E-state index contributed by atoms with van der Waals surface area (Å²) in [6, 6.07) is 13.9. The van der Waals surface area contributed by atoms with Crippen molar-refractivity contribution < 1.29 is 9.59 Å². The SMILES string of the molecule is O=C(CCC(=O)Nc1cccc(Cl)c1)NN=Cc1cccc(Cl)c1. The van der Waals surface area contributed by atoms with Crippen LogP contribution in [0.4, 0.5) is 5.69 Å². The Kier molecular flexibility index (Phi) is 6.78. The van der Waals surface area contributed by atoms with Gasteiger partial charge in [-0.1, -0.05) is 41.4 Å². The van der Waals surface area contributed by atoms with Gasteiger partial charge in [-0.3, -0.25) is 9.59 Å². The van der Waals surface area contributed by atoms with Gasteiger partial charge in [0.1, 0.15) is 0 Å². The smallest absolute Gasteiger partial charge is 0.240 e. The van der Waals surface area contributed by atoms with E-state index in [2.05, 4.69) is 15.8 Å². The monoisotopic (exact) mass is 363 g/mol. The Morgan fingerprint density at radius 1 is 0.958 bits per heavy atom. The molecule has 0 heterocycles. The normalized spacial score (nSPS) is 10.6. The maximum atomic E-state index is 11.8. The van der Waals surface area contributed by atoms with Gasteiger partial charge in [0.2, 0.25) is 11.8 Å². The van der Waals surface area contributed by atoms with Crippen LogP contribution in [-0.4, -0.2) is 18.0 Å². The van der Waals surface area contributed by atoms with Gasteiger partial charge >= 0.3 is 0 Å². The van der Waals surface area contributed by atoms with Crippen LogP contribution in [0, 0.1) is 0 Å². The van der Waals surface area contributed by atoms with Gasteiger partial charge < -0.3 is 5.32 Å². The highest BCUT2D eigenvalue weighted by Gasteiger charge is 2.07. The summed E-state index contributed by atoms with van der Waals surface area (Å²) in [5, 5.41) is 7.61. The number of nitrogens with zero attached hydrogens (tertiary/aromatic N) is 1. The summed E-state index contributed by atoms with van der Waals surface area (Å²) in [6.45, 7) is 0. The summed E-state index contributed by atoms with van der Waals surface area (Å²) >= 11 is 11.7. The predicted molar refractivity (Wildman–Crippen MR) is 96.5 cm³/mol. The number of carbonyl (C=O) groups is 2. The lowest BCUT2D eigenvalue weighted by Crippen LogP contribution is -2.20. The molecule has 0 aliphatic rings. The molecule has 5 nitrogen and oxygen atoms in total. The van der Waals surface area contributed by atoms with E-state index >= 15 is 0 Å². The number of rotatable bonds is 6. The van der Waals surface area contributed by atoms with Crippen LogP contribution in [0.3, 0.4) is 0 Å². The second-order valence-electron chi connectivity index (χ2n) is 4.91. The molecule has 0 saturated carbocycles. The summed E-state index contributed by atoms with van der Waals surface area (Å²) in [4.78, 5) is 23.4. The maximum Gasteiger partial charge on any atom is 0.240 e. The van der Waals surface area contributed by atoms with Crippen LogP contribution < -0.4 is 10.7 Å². The molecule has 0 fully saturated rings. The first-order valence-electron chi connectivity index (χ1n) is 7.16. The van der Waals surface area contributed by atoms with Crippen LogP contribution in [0.2, 0.25) is 10.0 Å². The van der Waals surface area contributed by atoms with Crippen LogP contribution in [-0.2, 0) is 9.59 Å². The molecule has 0 radical (unpaired) electrons. The molecule has 0 saturated heterocycles. The fourth-order valence-electron chi connectivity index (χ4n) is 1.84. The number of amides is 2. The lowest BCUT2D eigenvalue weighted by Gasteiger charge is -2.05. The van der Waals surface area contributed by atoms with Gasteiger partial charge in [0.05, 0.1) is 6.21 Å². The number of hydrogen-bond acceptors (Lipinski definition) is 3. The fraction of sp³-hybridized carbons (Fsp3) is 0.118. The first-order chi connectivity index (χ1) is 11.5. The van der Waals surface area contributed by atoms with Crippen LogP contribution >= 0.6 is 23.2 Å². The summed E-state index contributed by atoms with van der Waals surface area (Å²) in [7, 11) is 0. The van der Waals surface area contributed by atoms with Crippen molar-refractivity contribution in [1.29, 1.82) is 0 Å². The number of anilines is 1. The van der Waals surface area contributed by atoms with E-state index < -0.39 is 0 Å². The van der Waals surface area contributed by atoms with Crippen molar-refractivity contribution in [3.8, 4) is 0 Å². The molecular weight excluding hydrogens is 349 g/mol. The summed E-state index contributed by atoms with van der Waals surface area (Å²) in [6.07, 6.45) is 1.56. The first kappa shape index (κ1) is 18.0. The zero-order chi connectivity index (χ0) is 17.4. The van der Waals surface area contributed by atoms with E-state index in [4.69, 9.17) is 23.2 Å². The Morgan fingerprint density at radius 3 is 2.33 bits per heavy atom. The molecule has 2 amide bonds. The average Bonchev–Trinajstić information content (AvgIpc) is 2.53. The van der Waals surface area contributed by atoms with E-state index in [-0.39, 0.29) is 24.7 Å². The minimum atomic E-state index is -0.352. The lowest BCUT2D eigenvalue weighted by molar-refractivity contribution is -0.124. The van der Waals surface area contributed by atoms with Crippen LogP contribution in [0.15, 0.2) is 53.6 Å². The largest absolute Gasteiger partial charge is 0.326 e. The van der Waals surface area contributed by atoms with Gasteiger partial charge in [-0.15, -0.1) is 0 Å². The van der Waals surface area contributed by atoms with E-state index in [1.165, 1.54) is 6.21 Å². The quantitative estimate of drug-likeness (QED) is 0.604. The standard InChI is InChI=1S/C17H15Cl2N3O2/c18-13-4-1-3-12(9-13)11-20-22-17(24)8-7-16(23)21-15-6-2-5-14(19)10-15/h1-6,9-11H,7-8H2,(H,21,23)(H,22,24). The highest BCUT2D eigenvalue weighted by molar-refractivity contribution is 6.31. The molecule has 0 spiro atoms. The molecule has 124 valence electrons. The molecule has 2 N–H and O–H groups in total. The molecule has 0 aromatic heterocycles. The van der Waals surface area contributed by atoms with Gasteiger partial charge in [-0.25, -0.2) is 5.43 Å². The topological polar surface area (TPSA) is 70.6 Å². The van der Waals surface area contributed by atoms with Gasteiger partial charge in [0, 0.05) is 28.6 Å². The molecular formula is C17H15Cl2N3O2. The Hall–Kier alpha value is -2.37. The number of carbonyl (C=O) groups excluding carboxylic acids is 2. The molecule has 0 bridgehead atoms. The number of halogens is 2. The van der Waals surface area contributed by atoms with E-state index in [1.807, 2.05) is 0 Å². The molecule has 0 aliphatic heterocycles. The second kappa shape index (κ2) is 9.05. The lowest BCUT2D eigenvalue weighted by atomic mass is 10.2. The summed E-state index contributed by atoms with van der Waals surface area (Å²) in [5.74, 6) is -0.624. The van der Waals surface area contributed by atoms with Crippen molar-refractivity contribution in [2.24, 2.45) is 5.10 Å². The molecule has 0 atom stereocenters. The van der Waals surface area contributed by atoms with E-state index in [9.17, 15) is 9.59 Å². The zero-order valence-electron chi connectivity index (χ0n) is 12.6. The average molecular weight is 364 g/mol. The minimum Gasteiger partial charge on any atom is -0.326 e. The molecule has 24 heavy (non-hydrogen) atoms. The Labute approximate surface area is 149 Å². The first-order valence-corrected chi connectivity index (χ1v) is 7.91. The number of nitrogens with one attached hydrogen (secondary N) is 2. The third-order valence-electron chi connectivity index (χ3n) is 2.94. The minimum absolute atomic E-state index is 0.0271. The maximum absolute atomic E-state index is 11.8. The van der Waals surface area contributed by atoms with Gasteiger partial charge in [0.15, 0.2) is 0 Å². The van der Waals surface area contributed by atoms with Gasteiger partial charge in [-0.2, -0.15) is 5.10 Å². The molecule has 0 aliphatic carbocycles. The summed E-state index contributed by atoms with van der Waals surface area (Å²) in [5.41, 5.74) is 3.72. The van der Waals surface area contributed by atoms with Crippen molar-refractivity contribution in [3.63, 3.8) is 0 Å². The van der Waals surface area contributed by atoms with E-state index in [0.29, 0.717) is 15.7 Å². The molecule has 0 unspecified atom stereocenters. The number of hydrogen-bond donors (Lipinski definition) is 2. The third-order valence-corrected chi connectivity index (χ3v) is 3.41. The second-order valence-corrected chi connectivity index (χ2v) is 5.78. The molecule has 2 aromatic carbocycles. The van der Waals surface area contributed by atoms with Crippen LogP contribution in [0.25, 0.3) is 0 Å². The van der Waals surface area contributed by atoms with Crippen molar-refractivity contribution in [2.75, 3.05) is 5.32 Å². The Bertz CT molecular complexity index is 763. The summed E-state index contributed by atoms with van der Waals surface area (Å²) < 4.78 is 0. The third kappa shape index (κ3) is 6.40. The highest BCUT2D eigenvalue weighted by atomic mass is 35.5. The molecule has 2 aromatic rings. The van der Waals surface area contributed by atoms with Crippen LogP contribution in [0.5, 0.6) is 0 Å². The van der Waals surface area contributed by atoms with E-state index in [0.717, 1.165) is 5.56 Å². The fourth-order valence-corrected chi connectivity index (χ4v) is 2.23. The van der Waals surface area contributed by atoms with E-state index in [1.54, 1.807) is 48.5 Å². The van der Waals surface area contributed by atoms with Crippen molar-refractivity contribution in [3.05, 3.63) is 64.1 Å². The van der Waals surface area contributed by atoms with Gasteiger partial charge in [0.25, 0.3) is 0 Å². The predicted octanol–water partition coefficient (Wildman–Crippen LogP) is 3.86. The van der Waals surface area contributed by atoms with Crippen molar-refractivity contribution >= 4 is 46.9 Å². The highest BCUT2D eigenvalue weighted by Crippen LogP contribution is 2.15. The Balaban J connectivity index is 1.73.